The molecule has 0 aliphatic carbocycles. The molecule has 0 aromatic heterocycles. The maximum Gasteiger partial charge on any atom is 0.328 e. The molecule has 0 heterocycles. The summed E-state index contributed by atoms with van der Waals surface area (Å²) in [6, 6.07) is -1.62. The van der Waals surface area contributed by atoms with Crippen LogP contribution in [0.3, 0.4) is 0 Å². The van der Waals surface area contributed by atoms with Crippen LogP contribution in [-0.4, -0.2) is 40.8 Å². The molecule has 0 aromatic rings. The van der Waals surface area contributed by atoms with Gasteiger partial charge >= 0.3 is 5.97 Å². The average molecular weight is 204 g/mol. The molecule has 0 saturated heterocycles. The molecule has 6 heteroatoms. The molecule has 3 atom stereocenters. The molecule has 0 spiro atoms. The third-order valence-corrected chi connectivity index (χ3v) is 2.00. The number of rotatable bonds is 5. The van der Waals surface area contributed by atoms with Gasteiger partial charge in [0.15, 0.2) is 0 Å². The van der Waals surface area contributed by atoms with Gasteiger partial charge in [-0.25, -0.2) is 4.79 Å². The lowest BCUT2D eigenvalue weighted by molar-refractivity contribution is -0.143. The van der Waals surface area contributed by atoms with Gasteiger partial charge in [-0.15, -0.1) is 0 Å². The molecule has 2 unspecified atom stereocenters. The Hall–Kier alpha value is -1.14. The number of carbonyl (C=O) groups excluding carboxylic acids is 1. The predicted molar refractivity (Wildman–Crippen MR) is 49.5 cm³/mol. The van der Waals surface area contributed by atoms with E-state index >= 15 is 0 Å². The van der Waals surface area contributed by atoms with Gasteiger partial charge in [-0.05, 0) is 6.92 Å². The number of aliphatic hydroxyl groups excluding tert-OH is 1. The normalized spacial score (nSPS) is 16.9. The van der Waals surface area contributed by atoms with Gasteiger partial charge in [0.05, 0.1) is 6.61 Å². The lowest BCUT2D eigenvalue weighted by atomic mass is 10.0. The molecule has 82 valence electrons. The highest BCUT2D eigenvalue weighted by atomic mass is 16.4. The SMILES string of the molecule is CC(N)C(C)C(=O)N[C@H](CO)C(=O)O. The first-order valence-corrected chi connectivity index (χ1v) is 4.29. The fourth-order valence-electron chi connectivity index (χ4n) is 0.727. The molecule has 0 aromatic carbocycles. The van der Waals surface area contributed by atoms with Crippen molar-refractivity contribution in [3.63, 3.8) is 0 Å². The average Bonchev–Trinajstić information content (AvgIpc) is 2.11. The van der Waals surface area contributed by atoms with Gasteiger partial charge in [-0.3, -0.25) is 4.79 Å². The molecular weight excluding hydrogens is 188 g/mol. The topological polar surface area (TPSA) is 113 Å². The van der Waals surface area contributed by atoms with Gasteiger partial charge < -0.3 is 21.3 Å². The quantitative estimate of drug-likeness (QED) is 0.437. The van der Waals surface area contributed by atoms with E-state index in [0.717, 1.165) is 0 Å². The number of carboxylic acids is 1. The number of carbonyl (C=O) groups is 2. The van der Waals surface area contributed by atoms with Crippen molar-refractivity contribution >= 4 is 11.9 Å². The zero-order valence-electron chi connectivity index (χ0n) is 8.23. The zero-order chi connectivity index (χ0) is 11.3. The second-order valence-electron chi connectivity index (χ2n) is 3.23. The van der Waals surface area contributed by atoms with Crippen LogP contribution in [0.25, 0.3) is 0 Å². The highest BCUT2D eigenvalue weighted by Crippen LogP contribution is 2.00. The van der Waals surface area contributed by atoms with Crippen molar-refractivity contribution < 1.29 is 19.8 Å². The Kier molecular flexibility index (Phi) is 5.11. The Morgan fingerprint density at radius 2 is 1.93 bits per heavy atom. The van der Waals surface area contributed by atoms with E-state index in [4.69, 9.17) is 15.9 Å². The highest BCUT2D eigenvalue weighted by Gasteiger charge is 2.23. The molecular formula is C8H16N2O4. The molecule has 1 amide bonds. The van der Waals surface area contributed by atoms with Gasteiger partial charge in [-0.2, -0.15) is 0 Å². The molecule has 0 aliphatic rings. The second kappa shape index (κ2) is 5.56. The summed E-state index contributed by atoms with van der Waals surface area (Å²) < 4.78 is 0. The number of hydrogen-bond acceptors (Lipinski definition) is 4. The van der Waals surface area contributed by atoms with E-state index in [-0.39, 0.29) is 6.04 Å². The minimum atomic E-state index is -1.27. The van der Waals surface area contributed by atoms with E-state index in [0.29, 0.717) is 0 Å². The first kappa shape index (κ1) is 12.9. The summed E-state index contributed by atoms with van der Waals surface area (Å²) in [6.45, 7) is 2.61. The van der Waals surface area contributed by atoms with Crippen LogP contribution in [0.2, 0.25) is 0 Å². The Bertz CT molecular complexity index is 217. The maximum atomic E-state index is 11.3. The highest BCUT2D eigenvalue weighted by molar-refractivity contribution is 5.85. The number of aliphatic carboxylic acids is 1. The number of carboxylic acid groups (broad SMARTS) is 1. The molecule has 0 saturated carbocycles. The van der Waals surface area contributed by atoms with Gasteiger partial charge in [0.25, 0.3) is 0 Å². The molecule has 0 bridgehead atoms. The van der Waals surface area contributed by atoms with Crippen LogP contribution in [0.15, 0.2) is 0 Å². The van der Waals surface area contributed by atoms with Gasteiger partial charge in [0.2, 0.25) is 5.91 Å². The number of nitrogens with one attached hydrogen (secondary N) is 1. The number of nitrogens with two attached hydrogens (primary N) is 1. The molecule has 6 nitrogen and oxygen atoms in total. The summed E-state index contributed by atoms with van der Waals surface area (Å²) in [7, 11) is 0. The van der Waals surface area contributed by atoms with Crippen molar-refractivity contribution in [1.82, 2.24) is 5.32 Å². The zero-order valence-corrected chi connectivity index (χ0v) is 8.23. The van der Waals surface area contributed by atoms with E-state index in [1.54, 1.807) is 13.8 Å². The van der Waals surface area contributed by atoms with Crippen LogP contribution in [0.4, 0.5) is 0 Å². The Morgan fingerprint density at radius 1 is 1.43 bits per heavy atom. The molecule has 0 radical (unpaired) electrons. The summed E-state index contributed by atoms with van der Waals surface area (Å²) >= 11 is 0. The van der Waals surface area contributed by atoms with Crippen LogP contribution >= 0.6 is 0 Å². The molecule has 14 heavy (non-hydrogen) atoms. The fourth-order valence-corrected chi connectivity index (χ4v) is 0.727. The monoisotopic (exact) mass is 204 g/mol. The van der Waals surface area contributed by atoms with Crippen molar-refractivity contribution in [2.24, 2.45) is 11.7 Å². The number of aliphatic hydroxyl groups is 1. The minimum Gasteiger partial charge on any atom is -0.480 e. The van der Waals surface area contributed by atoms with Crippen molar-refractivity contribution in [1.29, 1.82) is 0 Å². The molecule has 0 fully saturated rings. The van der Waals surface area contributed by atoms with Gasteiger partial charge in [0.1, 0.15) is 6.04 Å². The largest absolute Gasteiger partial charge is 0.480 e. The van der Waals surface area contributed by atoms with Crippen LogP contribution < -0.4 is 11.1 Å². The van der Waals surface area contributed by atoms with Crippen LogP contribution in [0.5, 0.6) is 0 Å². The Morgan fingerprint density at radius 3 is 2.21 bits per heavy atom. The minimum absolute atomic E-state index is 0.358. The summed E-state index contributed by atoms with van der Waals surface area (Å²) in [6.07, 6.45) is 0. The summed E-state index contributed by atoms with van der Waals surface area (Å²) in [5.74, 6) is -2.22. The van der Waals surface area contributed by atoms with Crippen molar-refractivity contribution in [3.05, 3.63) is 0 Å². The van der Waals surface area contributed by atoms with Crippen molar-refractivity contribution in [3.8, 4) is 0 Å². The lowest BCUT2D eigenvalue weighted by Gasteiger charge is -2.18. The van der Waals surface area contributed by atoms with Crippen molar-refractivity contribution in [2.75, 3.05) is 6.61 Å². The Labute approximate surface area is 82.1 Å². The van der Waals surface area contributed by atoms with E-state index in [1.165, 1.54) is 0 Å². The number of amides is 1. The second-order valence-corrected chi connectivity index (χ2v) is 3.23. The molecule has 0 aliphatic heterocycles. The summed E-state index contributed by atoms with van der Waals surface area (Å²) in [5, 5.41) is 19.4. The first-order chi connectivity index (χ1) is 6.40. The Balaban J connectivity index is 4.22. The van der Waals surface area contributed by atoms with Gasteiger partial charge in [0, 0.05) is 12.0 Å². The lowest BCUT2D eigenvalue weighted by Crippen LogP contribution is -2.48. The van der Waals surface area contributed by atoms with E-state index < -0.39 is 30.4 Å². The van der Waals surface area contributed by atoms with E-state index in [2.05, 4.69) is 5.32 Å². The third-order valence-electron chi connectivity index (χ3n) is 2.00. The molecule has 0 rings (SSSR count). The van der Waals surface area contributed by atoms with E-state index in [9.17, 15) is 9.59 Å². The standard InChI is InChI=1S/C8H16N2O4/c1-4(5(2)9)7(12)10-6(3-11)8(13)14/h4-6,11H,3,9H2,1-2H3,(H,10,12)(H,13,14)/t4?,5?,6-/m1/s1. The summed E-state index contributed by atoms with van der Waals surface area (Å²) in [5.41, 5.74) is 5.46. The van der Waals surface area contributed by atoms with Crippen molar-refractivity contribution in [2.45, 2.75) is 25.9 Å². The third kappa shape index (κ3) is 3.71. The smallest absolute Gasteiger partial charge is 0.328 e. The predicted octanol–water partition coefficient (Wildman–Crippen LogP) is -1.47. The van der Waals surface area contributed by atoms with Crippen LogP contribution in [0.1, 0.15) is 13.8 Å². The fraction of sp³-hybridized carbons (Fsp3) is 0.750. The van der Waals surface area contributed by atoms with E-state index in [1.807, 2.05) is 0 Å². The maximum absolute atomic E-state index is 11.3. The summed E-state index contributed by atoms with van der Waals surface area (Å²) in [4.78, 5) is 21.7. The van der Waals surface area contributed by atoms with Crippen LogP contribution in [-0.2, 0) is 9.59 Å². The number of hydrogen-bond donors (Lipinski definition) is 4. The molecule has 5 N–H and O–H groups in total. The van der Waals surface area contributed by atoms with Crippen LogP contribution in [0, 0.1) is 5.92 Å². The first-order valence-electron chi connectivity index (χ1n) is 4.29. The van der Waals surface area contributed by atoms with Gasteiger partial charge in [-0.1, -0.05) is 6.92 Å².